The van der Waals surface area contributed by atoms with Gasteiger partial charge in [-0.05, 0) is 30.3 Å². The molecule has 2 aliphatic heterocycles. The number of carbonyl (C=O) groups is 2. The van der Waals surface area contributed by atoms with Crippen molar-refractivity contribution in [1.29, 1.82) is 0 Å². The van der Waals surface area contributed by atoms with Crippen molar-refractivity contribution in [3.05, 3.63) is 48.0 Å². The van der Waals surface area contributed by atoms with Crippen LogP contribution in [0.1, 0.15) is 12.0 Å². The second-order valence-corrected chi connectivity index (χ2v) is 7.90. The van der Waals surface area contributed by atoms with Gasteiger partial charge < -0.3 is 14.4 Å². The lowest BCUT2D eigenvalue weighted by molar-refractivity contribution is -0.137. The molecule has 176 valence electrons. The number of rotatable bonds is 5. The Morgan fingerprint density at radius 1 is 0.879 bits per heavy atom. The molecule has 0 N–H and O–H groups in total. The summed E-state index contributed by atoms with van der Waals surface area (Å²) in [7, 11) is 2.97. The van der Waals surface area contributed by atoms with Gasteiger partial charge in [-0.15, -0.1) is 0 Å². The summed E-state index contributed by atoms with van der Waals surface area (Å²) in [5.41, 5.74) is 0.211. The number of benzene rings is 2. The van der Waals surface area contributed by atoms with E-state index in [9.17, 15) is 22.8 Å². The summed E-state index contributed by atoms with van der Waals surface area (Å²) in [5.74, 6) is 0.272. The van der Waals surface area contributed by atoms with Gasteiger partial charge in [-0.1, -0.05) is 6.07 Å². The first-order chi connectivity index (χ1) is 15.7. The number of alkyl halides is 3. The van der Waals surface area contributed by atoms with Crippen molar-refractivity contribution in [3.63, 3.8) is 0 Å². The minimum absolute atomic E-state index is 0.0523. The van der Waals surface area contributed by atoms with Crippen LogP contribution < -0.4 is 19.3 Å². The molecule has 0 aromatic heterocycles. The summed E-state index contributed by atoms with van der Waals surface area (Å²) in [6, 6.07) is 9.47. The SMILES string of the molecule is COc1ccc(N2C(=O)C[C@H](N3CCN(c4cccc(C(F)(F)F)c4)CC3)C2=O)cc1OC. The molecule has 2 aromatic carbocycles. The molecule has 2 saturated heterocycles. The normalized spacial score (nSPS) is 19.8. The topological polar surface area (TPSA) is 62.3 Å². The van der Waals surface area contributed by atoms with Crippen LogP contribution in [0.4, 0.5) is 24.5 Å². The van der Waals surface area contributed by atoms with E-state index >= 15 is 0 Å². The molecule has 1 atom stereocenters. The molecule has 2 aromatic rings. The van der Waals surface area contributed by atoms with Crippen LogP contribution in [-0.4, -0.2) is 63.2 Å². The Kier molecular flexibility index (Phi) is 6.20. The summed E-state index contributed by atoms with van der Waals surface area (Å²) >= 11 is 0. The lowest BCUT2D eigenvalue weighted by atomic mass is 10.1. The maximum atomic E-state index is 13.1. The van der Waals surface area contributed by atoms with Crippen LogP contribution in [0.2, 0.25) is 0 Å². The van der Waals surface area contributed by atoms with E-state index in [0.717, 1.165) is 17.0 Å². The van der Waals surface area contributed by atoms with Crippen LogP contribution in [0, 0.1) is 0 Å². The summed E-state index contributed by atoms with van der Waals surface area (Å²) < 4.78 is 49.6. The summed E-state index contributed by atoms with van der Waals surface area (Å²) in [5, 5.41) is 0. The van der Waals surface area contributed by atoms with Crippen molar-refractivity contribution in [2.45, 2.75) is 18.6 Å². The molecule has 0 bridgehead atoms. The molecule has 0 saturated carbocycles. The van der Waals surface area contributed by atoms with Crippen LogP contribution in [0.15, 0.2) is 42.5 Å². The molecule has 2 fully saturated rings. The predicted octanol–water partition coefficient (Wildman–Crippen LogP) is 3.18. The largest absolute Gasteiger partial charge is 0.493 e. The molecule has 2 amide bonds. The summed E-state index contributed by atoms with van der Waals surface area (Å²) in [6.07, 6.45) is -4.35. The van der Waals surface area contributed by atoms with E-state index in [2.05, 4.69) is 0 Å². The van der Waals surface area contributed by atoms with E-state index in [0.29, 0.717) is 49.1 Å². The maximum absolute atomic E-state index is 13.1. The molecule has 0 aliphatic carbocycles. The lowest BCUT2D eigenvalue weighted by Gasteiger charge is -2.38. The molecule has 2 heterocycles. The fourth-order valence-electron chi connectivity index (χ4n) is 4.31. The van der Waals surface area contributed by atoms with Gasteiger partial charge in [0.05, 0.1) is 37.9 Å². The van der Waals surface area contributed by atoms with Gasteiger partial charge in [-0.3, -0.25) is 14.5 Å². The second kappa shape index (κ2) is 8.93. The predicted molar refractivity (Wildman–Crippen MR) is 116 cm³/mol. The number of nitrogens with zero attached hydrogens (tertiary/aromatic N) is 3. The first kappa shape index (κ1) is 22.9. The number of anilines is 2. The minimum atomic E-state index is -4.40. The molecule has 33 heavy (non-hydrogen) atoms. The third kappa shape index (κ3) is 4.47. The van der Waals surface area contributed by atoms with Crippen LogP contribution >= 0.6 is 0 Å². The highest BCUT2D eigenvalue weighted by Crippen LogP contribution is 2.35. The maximum Gasteiger partial charge on any atom is 0.416 e. The van der Waals surface area contributed by atoms with Gasteiger partial charge in [0, 0.05) is 37.9 Å². The Labute approximate surface area is 189 Å². The smallest absolute Gasteiger partial charge is 0.416 e. The minimum Gasteiger partial charge on any atom is -0.493 e. The Hall–Kier alpha value is -3.27. The zero-order valence-corrected chi connectivity index (χ0v) is 18.3. The fraction of sp³-hybridized carbons (Fsp3) is 0.391. The number of ether oxygens (including phenoxy) is 2. The molecule has 0 unspecified atom stereocenters. The van der Waals surface area contributed by atoms with E-state index in [1.165, 1.54) is 20.3 Å². The highest BCUT2D eigenvalue weighted by Gasteiger charge is 2.43. The first-order valence-electron chi connectivity index (χ1n) is 10.5. The van der Waals surface area contributed by atoms with E-state index < -0.39 is 17.8 Å². The van der Waals surface area contributed by atoms with Crippen molar-refractivity contribution in [2.75, 3.05) is 50.2 Å². The van der Waals surface area contributed by atoms with E-state index in [1.54, 1.807) is 24.3 Å². The third-order valence-corrected chi connectivity index (χ3v) is 6.04. The fourth-order valence-corrected chi connectivity index (χ4v) is 4.31. The van der Waals surface area contributed by atoms with E-state index in [-0.39, 0.29) is 18.2 Å². The Morgan fingerprint density at radius 2 is 1.58 bits per heavy atom. The van der Waals surface area contributed by atoms with Gasteiger partial charge in [0.15, 0.2) is 11.5 Å². The van der Waals surface area contributed by atoms with Crippen molar-refractivity contribution >= 4 is 23.2 Å². The quantitative estimate of drug-likeness (QED) is 0.635. The molecule has 2 aliphatic rings. The van der Waals surface area contributed by atoms with Crippen LogP contribution in [0.3, 0.4) is 0 Å². The number of methoxy groups -OCH3 is 2. The lowest BCUT2D eigenvalue weighted by Crippen LogP contribution is -2.52. The molecule has 4 rings (SSSR count). The highest BCUT2D eigenvalue weighted by atomic mass is 19.4. The number of halogens is 3. The molecule has 0 spiro atoms. The van der Waals surface area contributed by atoms with Gasteiger partial charge in [0.1, 0.15) is 0 Å². The number of hydrogen-bond donors (Lipinski definition) is 0. The third-order valence-electron chi connectivity index (χ3n) is 6.04. The molecular weight excluding hydrogens is 439 g/mol. The van der Waals surface area contributed by atoms with Gasteiger partial charge in [0.2, 0.25) is 5.91 Å². The van der Waals surface area contributed by atoms with Crippen LogP contribution in [0.5, 0.6) is 11.5 Å². The zero-order valence-electron chi connectivity index (χ0n) is 18.3. The Balaban J connectivity index is 1.45. The van der Waals surface area contributed by atoms with Crippen molar-refractivity contribution in [3.8, 4) is 11.5 Å². The van der Waals surface area contributed by atoms with Crippen molar-refractivity contribution < 1.29 is 32.2 Å². The summed E-state index contributed by atoms with van der Waals surface area (Å²) in [4.78, 5) is 30.8. The van der Waals surface area contributed by atoms with Gasteiger partial charge in [-0.2, -0.15) is 13.2 Å². The van der Waals surface area contributed by atoms with Gasteiger partial charge in [-0.25, -0.2) is 4.90 Å². The Morgan fingerprint density at radius 3 is 2.21 bits per heavy atom. The average molecular weight is 463 g/mol. The average Bonchev–Trinajstić information content (AvgIpc) is 3.12. The molecular formula is C23H24F3N3O4. The van der Waals surface area contributed by atoms with E-state index in [4.69, 9.17) is 9.47 Å². The van der Waals surface area contributed by atoms with Gasteiger partial charge in [0.25, 0.3) is 5.91 Å². The Bertz CT molecular complexity index is 1050. The van der Waals surface area contributed by atoms with Crippen molar-refractivity contribution in [1.82, 2.24) is 4.90 Å². The zero-order chi connectivity index (χ0) is 23.8. The molecule has 7 nitrogen and oxygen atoms in total. The number of imide groups is 1. The first-order valence-corrected chi connectivity index (χ1v) is 10.5. The molecule has 10 heteroatoms. The van der Waals surface area contributed by atoms with Crippen LogP contribution in [-0.2, 0) is 15.8 Å². The standard InChI is InChI=1S/C23H24F3N3O4/c1-32-19-7-6-17(13-20(19)33-2)29-21(30)14-18(22(29)31)28-10-8-27(9-11-28)16-5-3-4-15(12-16)23(24,25)26/h3-7,12-13,18H,8-11,14H2,1-2H3/t18-/m0/s1. The van der Waals surface area contributed by atoms with E-state index in [1.807, 2.05) is 9.80 Å². The summed E-state index contributed by atoms with van der Waals surface area (Å²) in [6.45, 7) is 1.82. The number of piperazine rings is 1. The number of amides is 2. The molecule has 0 radical (unpaired) electrons. The van der Waals surface area contributed by atoms with Crippen molar-refractivity contribution in [2.24, 2.45) is 0 Å². The number of hydrogen-bond acceptors (Lipinski definition) is 6. The van der Waals surface area contributed by atoms with Gasteiger partial charge >= 0.3 is 6.18 Å². The monoisotopic (exact) mass is 463 g/mol. The van der Waals surface area contributed by atoms with Crippen LogP contribution in [0.25, 0.3) is 0 Å². The highest BCUT2D eigenvalue weighted by molar-refractivity contribution is 6.22. The number of carbonyl (C=O) groups excluding carboxylic acids is 2. The second-order valence-electron chi connectivity index (χ2n) is 7.90.